The van der Waals surface area contributed by atoms with Gasteiger partial charge in [-0.25, -0.2) is 4.98 Å². The van der Waals surface area contributed by atoms with Crippen molar-refractivity contribution in [2.24, 2.45) is 0 Å². The molecule has 1 N–H and O–H groups in total. The highest BCUT2D eigenvalue weighted by atomic mass is 16.2. The number of aromatic nitrogens is 2. The van der Waals surface area contributed by atoms with Crippen molar-refractivity contribution in [1.29, 1.82) is 0 Å². The van der Waals surface area contributed by atoms with E-state index in [0.29, 0.717) is 6.04 Å². The molecule has 1 aliphatic heterocycles. The molecule has 27 heavy (non-hydrogen) atoms. The molecule has 1 aliphatic rings. The number of carbonyl (C=O) groups excluding carboxylic acids is 1. The van der Waals surface area contributed by atoms with Gasteiger partial charge in [-0.1, -0.05) is 37.3 Å². The van der Waals surface area contributed by atoms with Crippen LogP contribution in [0, 0.1) is 0 Å². The third kappa shape index (κ3) is 3.54. The minimum Gasteiger partial charge on any atom is -0.356 e. The number of rotatable bonds is 5. The molecule has 140 valence electrons. The van der Waals surface area contributed by atoms with E-state index in [9.17, 15) is 4.79 Å². The van der Waals surface area contributed by atoms with Gasteiger partial charge >= 0.3 is 0 Å². The Morgan fingerprint density at radius 1 is 1.07 bits per heavy atom. The van der Waals surface area contributed by atoms with Crippen molar-refractivity contribution in [3.8, 4) is 0 Å². The number of carbonyl (C=O) groups is 1. The van der Waals surface area contributed by atoms with Crippen molar-refractivity contribution >= 4 is 22.9 Å². The lowest BCUT2D eigenvalue weighted by atomic mass is 10.0. The molecular formula is C22H26N4O. The van der Waals surface area contributed by atoms with Gasteiger partial charge < -0.3 is 14.8 Å². The van der Waals surface area contributed by atoms with Crippen LogP contribution in [0.15, 0.2) is 54.6 Å². The average molecular weight is 362 g/mol. The Kier molecular flexibility index (Phi) is 5.10. The predicted octanol–water partition coefficient (Wildman–Crippen LogP) is 4.34. The van der Waals surface area contributed by atoms with Crippen LogP contribution in [0.3, 0.4) is 0 Å². The van der Waals surface area contributed by atoms with E-state index >= 15 is 0 Å². The van der Waals surface area contributed by atoms with Gasteiger partial charge in [0.1, 0.15) is 0 Å². The number of likely N-dealkylation sites (tertiary alicyclic amines) is 1. The fraction of sp³-hybridized carbons (Fsp3) is 0.364. The number of imidazole rings is 1. The largest absolute Gasteiger partial charge is 0.356 e. The number of nitrogens with zero attached hydrogens (tertiary/aromatic N) is 3. The fourth-order valence-electron chi connectivity index (χ4n) is 3.87. The monoisotopic (exact) mass is 362 g/mol. The van der Waals surface area contributed by atoms with Gasteiger partial charge in [-0.2, -0.15) is 0 Å². The van der Waals surface area contributed by atoms with E-state index in [0.717, 1.165) is 55.9 Å². The maximum Gasteiger partial charge on any atom is 0.253 e. The molecule has 1 aromatic heterocycles. The number of nitrogens with one attached hydrogen (secondary N) is 1. The van der Waals surface area contributed by atoms with E-state index in [1.807, 2.05) is 41.3 Å². The van der Waals surface area contributed by atoms with Crippen molar-refractivity contribution in [3.63, 3.8) is 0 Å². The summed E-state index contributed by atoms with van der Waals surface area (Å²) in [6.07, 6.45) is 2.95. The number of amides is 1. The normalized spacial score (nSPS) is 15.2. The standard InChI is InChI=1S/C22H26N4O/c1-2-14-23-22-24-19-10-6-7-11-20(19)26(22)18-12-15-25(16-13-18)21(27)17-8-4-3-5-9-17/h3-11,18H,2,12-16H2,1H3,(H,23,24). The quantitative estimate of drug-likeness (QED) is 0.735. The maximum atomic E-state index is 12.7. The first kappa shape index (κ1) is 17.6. The molecule has 1 saturated heterocycles. The van der Waals surface area contributed by atoms with E-state index in [2.05, 4.69) is 35.0 Å². The summed E-state index contributed by atoms with van der Waals surface area (Å²) in [6, 6.07) is 18.2. The van der Waals surface area contributed by atoms with E-state index in [1.165, 1.54) is 5.52 Å². The summed E-state index contributed by atoms with van der Waals surface area (Å²) in [4.78, 5) is 19.5. The Labute approximate surface area is 160 Å². The Morgan fingerprint density at radius 2 is 1.78 bits per heavy atom. The SMILES string of the molecule is CCCNc1nc2ccccc2n1C1CCN(C(=O)c2ccccc2)CC1. The maximum absolute atomic E-state index is 12.7. The molecule has 0 aliphatic carbocycles. The molecule has 5 nitrogen and oxygen atoms in total. The van der Waals surface area contributed by atoms with Gasteiger partial charge in [0, 0.05) is 31.2 Å². The summed E-state index contributed by atoms with van der Waals surface area (Å²) in [7, 11) is 0. The molecular weight excluding hydrogens is 336 g/mol. The molecule has 0 saturated carbocycles. The van der Waals surface area contributed by atoms with E-state index in [-0.39, 0.29) is 5.91 Å². The molecule has 0 spiro atoms. The number of fused-ring (bicyclic) bond motifs is 1. The van der Waals surface area contributed by atoms with Crippen molar-refractivity contribution in [2.75, 3.05) is 25.0 Å². The van der Waals surface area contributed by atoms with Gasteiger partial charge in [-0.3, -0.25) is 4.79 Å². The van der Waals surface area contributed by atoms with Crippen LogP contribution in [0.25, 0.3) is 11.0 Å². The van der Waals surface area contributed by atoms with E-state index < -0.39 is 0 Å². The van der Waals surface area contributed by atoms with E-state index in [4.69, 9.17) is 4.98 Å². The molecule has 0 atom stereocenters. The highest BCUT2D eigenvalue weighted by Crippen LogP contribution is 2.31. The molecule has 0 bridgehead atoms. The summed E-state index contributed by atoms with van der Waals surface area (Å²) in [6.45, 7) is 4.62. The number of benzene rings is 2. The topological polar surface area (TPSA) is 50.2 Å². The summed E-state index contributed by atoms with van der Waals surface area (Å²) < 4.78 is 2.34. The van der Waals surface area contributed by atoms with Gasteiger partial charge in [0.2, 0.25) is 5.95 Å². The molecule has 0 unspecified atom stereocenters. The first-order valence-electron chi connectivity index (χ1n) is 9.83. The van der Waals surface area contributed by atoms with Crippen LogP contribution < -0.4 is 5.32 Å². The van der Waals surface area contributed by atoms with Crippen molar-refractivity contribution < 1.29 is 4.79 Å². The first-order chi connectivity index (χ1) is 13.3. The first-order valence-corrected chi connectivity index (χ1v) is 9.83. The second-order valence-corrected chi connectivity index (χ2v) is 7.11. The average Bonchev–Trinajstić information content (AvgIpc) is 3.11. The Bertz CT molecular complexity index is 910. The second-order valence-electron chi connectivity index (χ2n) is 7.11. The minimum absolute atomic E-state index is 0.133. The molecule has 1 fully saturated rings. The highest BCUT2D eigenvalue weighted by molar-refractivity contribution is 5.94. The Hall–Kier alpha value is -2.82. The molecule has 4 rings (SSSR count). The van der Waals surface area contributed by atoms with Crippen molar-refractivity contribution in [2.45, 2.75) is 32.2 Å². The van der Waals surface area contributed by atoms with Crippen LogP contribution in [0.4, 0.5) is 5.95 Å². The third-order valence-electron chi connectivity index (χ3n) is 5.27. The van der Waals surface area contributed by atoms with Gasteiger partial charge in [-0.05, 0) is 43.5 Å². The molecule has 0 radical (unpaired) electrons. The number of hydrogen-bond donors (Lipinski definition) is 1. The number of anilines is 1. The van der Waals surface area contributed by atoms with Crippen LogP contribution in [-0.4, -0.2) is 40.0 Å². The summed E-state index contributed by atoms with van der Waals surface area (Å²) >= 11 is 0. The van der Waals surface area contributed by atoms with Crippen LogP contribution in [0.5, 0.6) is 0 Å². The lowest BCUT2D eigenvalue weighted by Crippen LogP contribution is -2.39. The molecule has 1 amide bonds. The summed E-state index contributed by atoms with van der Waals surface area (Å²) in [5.74, 6) is 1.08. The zero-order valence-corrected chi connectivity index (χ0v) is 15.8. The Morgan fingerprint density at radius 3 is 2.52 bits per heavy atom. The minimum atomic E-state index is 0.133. The fourth-order valence-corrected chi connectivity index (χ4v) is 3.87. The van der Waals surface area contributed by atoms with Crippen molar-refractivity contribution in [3.05, 3.63) is 60.2 Å². The van der Waals surface area contributed by atoms with Gasteiger partial charge in [0.15, 0.2) is 0 Å². The summed E-state index contributed by atoms with van der Waals surface area (Å²) in [5.41, 5.74) is 2.97. The van der Waals surface area contributed by atoms with Gasteiger partial charge in [-0.15, -0.1) is 0 Å². The molecule has 2 aromatic carbocycles. The zero-order valence-electron chi connectivity index (χ0n) is 15.8. The molecule has 2 heterocycles. The second kappa shape index (κ2) is 7.82. The van der Waals surface area contributed by atoms with Crippen LogP contribution >= 0.6 is 0 Å². The Balaban J connectivity index is 1.53. The van der Waals surface area contributed by atoms with Gasteiger partial charge in [0.25, 0.3) is 5.91 Å². The zero-order chi connectivity index (χ0) is 18.6. The van der Waals surface area contributed by atoms with Gasteiger partial charge in [0.05, 0.1) is 11.0 Å². The predicted molar refractivity (Wildman–Crippen MR) is 109 cm³/mol. The van der Waals surface area contributed by atoms with Crippen molar-refractivity contribution in [1.82, 2.24) is 14.5 Å². The smallest absolute Gasteiger partial charge is 0.253 e. The third-order valence-corrected chi connectivity index (χ3v) is 5.27. The number of piperidine rings is 1. The molecule has 3 aromatic rings. The lowest BCUT2D eigenvalue weighted by Gasteiger charge is -2.33. The number of hydrogen-bond acceptors (Lipinski definition) is 3. The van der Waals surface area contributed by atoms with E-state index in [1.54, 1.807) is 0 Å². The highest BCUT2D eigenvalue weighted by Gasteiger charge is 2.27. The van der Waals surface area contributed by atoms with Crippen LogP contribution in [0.2, 0.25) is 0 Å². The molecule has 5 heteroatoms. The summed E-state index contributed by atoms with van der Waals surface area (Å²) in [5, 5.41) is 3.48. The lowest BCUT2D eigenvalue weighted by molar-refractivity contribution is 0.0696. The number of para-hydroxylation sites is 2. The van der Waals surface area contributed by atoms with Crippen LogP contribution in [-0.2, 0) is 0 Å². The van der Waals surface area contributed by atoms with Crippen LogP contribution in [0.1, 0.15) is 42.6 Å².